The maximum absolute atomic E-state index is 11.8. The molecule has 0 aliphatic rings. The van der Waals surface area contributed by atoms with Crippen LogP contribution in [-0.2, 0) is 14.3 Å². The van der Waals surface area contributed by atoms with Crippen molar-refractivity contribution in [2.45, 2.75) is 6.92 Å². The molecule has 0 aromatic carbocycles. The molecule has 4 N–H and O–H groups in total. The lowest BCUT2D eigenvalue weighted by Crippen LogP contribution is -2.32. The maximum Gasteiger partial charge on any atom is 0.341 e. The lowest BCUT2D eigenvalue weighted by atomic mass is 10.2. The second-order valence-corrected chi connectivity index (χ2v) is 4.08. The van der Waals surface area contributed by atoms with Crippen LogP contribution in [0.3, 0.4) is 0 Å². The minimum absolute atomic E-state index is 0.0208. The van der Waals surface area contributed by atoms with Gasteiger partial charge in [0.05, 0.1) is 31.6 Å². The van der Waals surface area contributed by atoms with Crippen LogP contribution in [0.15, 0.2) is 12.3 Å². The van der Waals surface area contributed by atoms with Crippen LogP contribution in [0.2, 0.25) is 0 Å². The SMILES string of the molecule is CCOC(=O)c1cc(N)cnc1NCC(=O)NCCOC. The molecule has 1 aromatic heterocycles. The molecule has 21 heavy (non-hydrogen) atoms. The number of amides is 1. The fourth-order valence-electron chi connectivity index (χ4n) is 1.51. The first-order valence-electron chi connectivity index (χ1n) is 6.50. The van der Waals surface area contributed by atoms with E-state index in [0.29, 0.717) is 18.8 Å². The summed E-state index contributed by atoms with van der Waals surface area (Å²) >= 11 is 0. The molecule has 1 amide bonds. The first kappa shape index (κ1) is 16.7. The average Bonchev–Trinajstić information content (AvgIpc) is 2.46. The van der Waals surface area contributed by atoms with Crippen molar-refractivity contribution >= 4 is 23.4 Å². The van der Waals surface area contributed by atoms with Gasteiger partial charge in [0.2, 0.25) is 5.91 Å². The molecule has 116 valence electrons. The van der Waals surface area contributed by atoms with Gasteiger partial charge in [-0.3, -0.25) is 4.79 Å². The molecule has 8 nitrogen and oxygen atoms in total. The van der Waals surface area contributed by atoms with Crippen molar-refractivity contribution in [3.63, 3.8) is 0 Å². The van der Waals surface area contributed by atoms with Gasteiger partial charge in [0, 0.05) is 13.7 Å². The number of nitrogen functional groups attached to an aromatic ring is 1. The van der Waals surface area contributed by atoms with Crippen LogP contribution < -0.4 is 16.4 Å². The minimum Gasteiger partial charge on any atom is -0.462 e. The Balaban J connectivity index is 2.65. The van der Waals surface area contributed by atoms with Crippen molar-refractivity contribution in [1.29, 1.82) is 0 Å². The Morgan fingerprint density at radius 3 is 2.86 bits per heavy atom. The Morgan fingerprint density at radius 1 is 1.43 bits per heavy atom. The fraction of sp³-hybridized carbons (Fsp3) is 0.462. The minimum atomic E-state index is -0.542. The van der Waals surface area contributed by atoms with Gasteiger partial charge >= 0.3 is 5.97 Å². The number of carbonyl (C=O) groups excluding carboxylic acids is 2. The number of pyridine rings is 1. The summed E-state index contributed by atoms with van der Waals surface area (Å²) in [6.45, 7) is 2.77. The summed E-state index contributed by atoms with van der Waals surface area (Å²) in [5.74, 6) is -0.524. The van der Waals surface area contributed by atoms with Crippen LogP contribution in [0, 0.1) is 0 Å². The maximum atomic E-state index is 11.8. The van der Waals surface area contributed by atoms with Crippen LogP contribution >= 0.6 is 0 Å². The standard InChI is InChI=1S/C13H20N4O4/c1-3-21-13(19)10-6-9(14)7-16-12(10)17-8-11(18)15-4-5-20-2/h6-7H,3-5,8,14H2,1-2H3,(H,15,18)(H,16,17). The summed E-state index contributed by atoms with van der Waals surface area (Å²) in [4.78, 5) is 27.4. The molecule has 0 atom stereocenters. The van der Waals surface area contributed by atoms with Crippen LogP contribution in [0.25, 0.3) is 0 Å². The highest BCUT2D eigenvalue weighted by Crippen LogP contribution is 2.16. The van der Waals surface area contributed by atoms with Gasteiger partial charge < -0.3 is 25.8 Å². The molecule has 0 fully saturated rings. The number of hydrogen-bond acceptors (Lipinski definition) is 7. The first-order chi connectivity index (χ1) is 10.1. The molecule has 0 saturated heterocycles. The average molecular weight is 296 g/mol. The van der Waals surface area contributed by atoms with Gasteiger partial charge in [0.1, 0.15) is 11.4 Å². The Kier molecular flexibility index (Phi) is 6.96. The summed E-state index contributed by atoms with van der Waals surface area (Å²) in [5.41, 5.74) is 6.14. The van der Waals surface area contributed by atoms with Crippen molar-refractivity contribution in [3.05, 3.63) is 17.8 Å². The molecule has 0 aliphatic carbocycles. The van der Waals surface area contributed by atoms with E-state index in [0.717, 1.165) is 0 Å². The number of anilines is 2. The summed E-state index contributed by atoms with van der Waals surface area (Å²) in [6, 6.07) is 1.45. The van der Waals surface area contributed by atoms with E-state index in [2.05, 4.69) is 15.6 Å². The number of rotatable bonds is 8. The zero-order valence-corrected chi connectivity index (χ0v) is 12.1. The Bertz CT molecular complexity index is 493. The third-order valence-electron chi connectivity index (χ3n) is 2.45. The van der Waals surface area contributed by atoms with Gasteiger partial charge in [0.15, 0.2) is 0 Å². The number of methoxy groups -OCH3 is 1. The van der Waals surface area contributed by atoms with E-state index < -0.39 is 5.97 Å². The van der Waals surface area contributed by atoms with E-state index in [1.807, 2.05) is 0 Å². The lowest BCUT2D eigenvalue weighted by molar-refractivity contribution is -0.119. The molecule has 0 bridgehead atoms. The van der Waals surface area contributed by atoms with E-state index in [4.69, 9.17) is 15.2 Å². The molecule has 1 heterocycles. The molecule has 0 radical (unpaired) electrons. The van der Waals surface area contributed by atoms with Crippen molar-refractivity contribution in [2.75, 3.05) is 44.5 Å². The van der Waals surface area contributed by atoms with Crippen LogP contribution in [0.4, 0.5) is 11.5 Å². The van der Waals surface area contributed by atoms with Gasteiger partial charge in [-0.05, 0) is 13.0 Å². The second-order valence-electron chi connectivity index (χ2n) is 4.08. The Labute approximate surface area is 123 Å². The van der Waals surface area contributed by atoms with Gasteiger partial charge in [-0.25, -0.2) is 9.78 Å². The molecule has 0 aliphatic heterocycles. The number of esters is 1. The lowest BCUT2D eigenvalue weighted by Gasteiger charge is -2.11. The first-order valence-corrected chi connectivity index (χ1v) is 6.50. The Hall–Kier alpha value is -2.35. The summed E-state index contributed by atoms with van der Waals surface area (Å²) in [7, 11) is 1.55. The van der Waals surface area contributed by atoms with Crippen molar-refractivity contribution in [3.8, 4) is 0 Å². The highest BCUT2D eigenvalue weighted by Gasteiger charge is 2.15. The summed E-state index contributed by atoms with van der Waals surface area (Å²) in [5, 5.41) is 5.43. The van der Waals surface area contributed by atoms with Crippen LogP contribution in [0.1, 0.15) is 17.3 Å². The van der Waals surface area contributed by atoms with Crippen molar-refractivity contribution in [2.24, 2.45) is 0 Å². The zero-order chi connectivity index (χ0) is 15.7. The topological polar surface area (TPSA) is 116 Å². The number of carbonyl (C=O) groups is 2. The predicted octanol–water partition coefficient (Wildman–Crippen LogP) is 0.0150. The van der Waals surface area contributed by atoms with Crippen molar-refractivity contribution < 1.29 is 19.1 Å². The number of nitrogens with zero attached hydrogens (tertiary/aromatic N) is 1. The molecule has 1 aromatic rings. The van der Waals surface area contributed by atoms with E-state index >= 15 is 0 Å². The number of nitrogens with two attached hydrogens (primary N) is 1. The van der Waals surface area contributed by atoms with E-state index in [-0.39, 0.29) is 30.4 Å². The zero-order valence-electron chi connectivity index (χ0n) is 12.1. The molecular weight excluding hydrogens is 276 g/mol. The van der Waals surface area contributed by atoms with Gasteiger partial charge in [0.25, 0.3) is 0 Å². The van der Waals surface area contributed by atoms with Crippen LogP contribution in [-0.4, -0.2) is 50.3 Å². The Morgan fingerprint density at radius 2 is 2.19 bits per heavy atom. The highest BCUT2D eigenvalue weighted by atomic mass is 16.5. The number of hydrogen-bond donors (Lipinski definition) is 3. The van der Waals surface area contributed by atoms with Gasteiger partial charge in [-0.2, -0.15) is 0 Å². The molecule has 1 rings (SSSR count). The number of aromatic nitrogens is 1. The molecule has 8 heteroatoms. The third-order valence-corrected chi connectivity index (χ3v) is 2.45. The summed E-state index contributed by atoms with van der Waals surface area (Å²) in [6.07, 6.45) is 1.40. The third kappa shape index (κ3) is 5.65. The summed E-state index contributed by atoms with van der Waals surface area (Å²) < 4.78 is 9.74. The highest BCUT2D eigenvalue weighted by molar-refractivity contribution is 5.96. The molecule has 0 spiro atoms. The largest absolute Gasteiger partial charge is 0.462 e. The van der Waals surface area contributed by atoms with E-state index in [1.54, 1.807) is 14.0 Å². The van der Waals surface area contributed by atoms with Crippen LogP contribution in [0.5, 0.6) is 0 Å². The normalized spacial score (nSPS) is 10.0. The monoisotopic (exact) mass is 296 g/mol. The molecule has 0 saturated carbocycles. The van der Waals surface area contributed by atoms with E-state index in [1.165, 1.54) is 12.3 Å². The van der Waals surface area contributed by atoms with Crippen molar-refractivity contribution in [1.82, 2.24) is 10.3 Å². The van der Waals surface area contributed by atoms with Gasteiger partial charge in [-0.15, -0.1) is 0 Å². The van der Waals surface area contributed by atoms with E-state index in [9.17, 15) is 9.59 Å². The quantitative estimate of drug-likeness (QED) is 0.457. The number of ether oxygens (including phenoxy) is 2. The molecular formula is C13H20N4O4. The molecule has 0 unspecified atom stereocenters. The smallest absolute Gasteiger partial charge is 0.341 e. The second kappa shape index (κ2) is 8.75. The van der Waals surface area contributed by atoms with Gasteiger partial charge in [-0.1, -0.05) is 0 Å². The number of nitrogens with one attached hydrogen (secondary N) is 2. The predicted molar refractivity (Wildman–Crippen MR) is 78.0 cm³/mol. The fourth-order valence-corrected chi connectivity index (χ4v) is 1.51.